The van der Waals surface area contributed by atoms with Crippen LogP contribution in [0.5, 0.6) is 0 Å². The second kappa shape index (κ2) is 6.24. The van der Waals surface area contributed by atoms with Crippen molar-refractivity contribution in [2.45, 2.75) is 24.8 Å². The van der Waals surface area contributed by atoms with Crippen LogP contribution in [0.15, 0.2) is 24.3 Å². The van der Waals surface area contributed by atoms with Crippen molar-refractivity contribution in [3.63, 3.8) is 0 Å². The minimum Gasteiger partial charge on any atom is -0.481 e. The molecule has 1 rings (SSSR count). The summed E-state index contributed by atoms with van der Waals surface area (Å²) in [5.41, 5.74) is -1.24. The summed E-state index contributed by atoms with van der Waals surface area (Å²) in [6.07, 6.45) is -10.8. The van der Waals surface area contributed by atoms with Crippen LogP contribution in [-0.4, -0.2) is 23.2 Å². The Morgan fingerprint density at radius 1 is 1.05 bits per heavy atom. The van der Waals surface area contributed by atoms with Crippen molar-refractivity contribution in [3.8, 4) is 0 Å². The molecule has 0 saturated heterocycles. The first-order valence-corrected chi connectivity index (χ1v) is 5.68. The molecular formula is C12H9F6NO3. The van der Waals surface area contributed by atoms with E-state index in [9.17, 15) is 35.9 Å². The van der Waals surface area contributed by atoms with Crippen molar-refractivity contribution in [2.75, 3.05) is 0 Å². The van der Waals surface area contributed by atoms with Gasteiger partial charge in [-0.25, -0.2) is 0 Å². The zero-order valence-electron chi connectivity index (χ0n) is 10.6. The van der Waals surface area contributed by atoms with Crippen LogP contribution in [0.25, 0.3) is 0 Å². The van der Waals surface area contributed by atoms with Crippen LogP contribution >= 0.6 is 0 Å². The Labute approximate surface area is 119 Å². The number of hydrogen-bond donors (Lipinski definition) is 2. The summed E-state index contributed by atoms with van der Waals surface area (Å²) in [5.74, 6) is -3.90. The molecule has 0 spiro atoms. The number of carbonyl (C=O) groups is 2. The van der Waals surface area contributed by atoms with E-state index >= 15 is 0 Å². The molecule has 0 saturated carbocycles. The summed E-state index contributed by atoms with van der Waals surface area (Å²) in [6.45, 7) is 0. The summed E-state index contributed by atoms with van der Waals surface area (Å²) in [4.78, 5) is 21.5. The minimum absolute atomic E-state index is 0.187. The standard InChI is InChI=1S/C12H9F6NO3/c13-11(14,15)7-3-1-6(2-4-7)8(5-9(20)21)19-10(22)12(16,17)18/h1-4,8H,5H2,(H,19,22)(H,20,21). The van der Waals surface area contributed by atoms with Crippen LogP contribution in [-0.2, 0) is 15.8 Å². The summed E-state index contributed by atoms with van der Waals surface area (Å²) < 4.78 is 73.7. The van der Waals surface area contributed by atoms with E-state index in [4.69, 9.17) is 5.11 Å². The molecular weight excluding hydrogens is 320 g/mol. The first-order chi connectivity index (χ1) is 9.91. The fourth-order valence-corrected chi connectivity index (χ4v) is 1.57. The third-order valence-electron chi connectivity index (χ3n) is 2.58. The number of aliphatic carboxylic acids is 1. The van der Waals surface area contributed by atoms with Gasteiger partial charge in [-0.05, 0) is 17.7 Å². The maximum atomic E-state index is 12.4. The normalized spacial score (nSPS) is 13.5. The zero-order valence-corrected chi connectivity index (χ0v) is 10.6. The Morgan fingerprint density at radius 3 is 1.91 bits per heavy atom. The van der Waals surface area contributed by atoms with E-state index in [1.165, 1.54) is 5.32 Å². The predicted octanol–water partition coefficient (Wildman–Crippen LogP) is 2.90. The summed E-state index contributed by atoms with van der Waals surface area (Å²) in [5, 5.41) is 10.1. The molecule has 0 aliphatic rings. The quantitative estimate of drug-likeness (QED) is 0.835. The summed E-state index contributed by atoms with van der Waals surface area (Å²) in [6, 6.07) is 1.20. The molecule has 1 amide bonds. The number of halogens is 6. The van der Waals surface area contributed by atoms with Crippen molar-refractivity contribution >= 4 is 11.9 Å². The average Bonchev–Trinajstić information content (AvgIpc) is 2.35. The van der Waals surface area contributed by atoms with Gasteiger partial charge in [0.15, 0.2) is 0 Å². The van der Waals surface area contributed by atoms with Gasteiger partial charge >= 0.3 is 24.2 Å². The summed E-state index contributed by atoms with van der Waals surface area (Å²) in [7, 11) is 0. The second-order valence-electron chi connectivity index (χ2n) is 4.24. The van der Waals surface area contributed by atoms with Crippen LogP contribution in [0.1, 0.15) is 23.6 Å². The Balaban J connectivity index is 3.02. The lowest BCUT2D eigenvalue weighted by Gasteiger charge is -2.19. The van der Waals surface area contributed by atoms with Crippen molar-refractivity contribution in [1.82, 2.24) is 5.32 Å². The molecule has 2 N–H and O–H groups in total. The lowest BCUT2D eigenvalue weighted by molar-refractivity contribution is -0.174. The average molecular weight is 329 g/mol. The molecule has 0 aromatic heterocycles. The van der Waals surface area contributed by atoms with Gasteiger partial charge in [0.1, 0.15) is 0 Å². The molecule has 1 aromatic carbocycles. The first kappa shape index (κ1) is 17.8. The van der Waals surface area contributed by atoms with E-state index in [-0.39, 0.29) is 5.56 Å². The fourth-order valence-electron chi connectivity index (χ4n) is 1.57. The highest BCUT2D eigenvalue weighted by molar-refractivity contribution is 5.82. The van der Waals surface area contributed by atoms with E-state index in [1.807, 2.05) is 0 Å². The predicted molar refractivity (Wildman–Crippen MR) is 60.6 cm³/mol. The number of alkyl halides is 6. The Bertz CT molecular complexity index is 549. The molecule has 4 nitrogen and oxygen atoms in total. The van der Waals surface area contributed by atoms with Crippen LogP contribution in [0, 0.1) is 0 Å². The van der Waals surface area contributed by atoms with Gasteiger partial charge in [0, 0.05) is 0 Å². The molecule has 122 valence electrons. The largest absolute Gasteiger partial charge is 0.481 e. The molecule has 0 bridgehead atoms. The smallest absolute Gasteiger partial charge is 0.471 e. The fraction of sp³-hybridized carbons (Fsp3) is 0.333. The van der Waals surface area contributed by atoms with Crippen LogP contribution in [0.3, 0.4) is 0 Å². The number of nitrogens with one attached hydrogen (secondary N) is 1. The van der Waals surface area contributed by atoms with Crippen LogP contribution in [0.2, 0.25) is 0 Å². The van der Waals surface area contributed by atoms with Crippen LogP contribution in [0.4, 0.5) is 26.3 Å². The molecule has 1 aromatic rings. The first-order valence-electron chi connectivity index (χ1n) is 5.68. The van der Waals surface area contributed by atoms with Gasteiger partial charge < -0.3 is 10.4 Å². The van der Waals surface area contributed by atoms with Gasteiger partial charge in [0.2, 0.25) is 0 Å². The molecule has 1 atom stereocenters. The number of carbonyl (C=O) groups excluding carboxylic acids is 1. The topological polar surface area (TPSA) is 66.4 Å². The van der Waals surface area contributed by atoms with Crippen molar-refractivity contribution in [2.24, 2.45) is 0 Å². The number of amides is 1. The maximum absolute atomic E-state index is 12.4. The Morgan fingerprint density at radius 2 is 1.55 bits per heavy atom. The van der Waals surface area contributed by atoms with E-state index in [0.717, 1.165) is 12.1 Å². The molecule has 0 fully saturated rings. The second-order valence-corrected chi connectivity index (χ2v) is 4.24. The SMILES string of the molecule is O=C(O)CC(NC(=O)C(F)(F)F)c1ccc(C(F)(F)F)cc1. The lowest BCUT2D eigenvalue weighted by Crippen LogP contribution is -2.39. The highest BCUT2D eigenvalue weighted by Crippen LogP contribution is 2.30. The third-order valence-corrected chi connectivity index (χ3v) is 2.58. The third kappa shape index (κ3) is 4.93. The van der Waals surface area contributed by atoms with Crippen molar-refractivity contribution < 1.29 is 41.0 Å². The van der Waals surface area contributed by atoms with Gasteiger partial charge in [-0.2, -0.15) is 26.3 Å². The van der Waals surface area contributed by atoms with Gasteiger partial charge in [-0.15, -0.1) is 0 Å². The Kier molecular flexibility index (Phi) is 5.05. The lowest BCUT2D eigenvalue weighted by atomic mass is 10.0. The highest BCUT2D eigenvalue weighted by Gasteiger charge is 2.40. The van der Waals surface area contributed by atoms with Gasteiger partial charge in [0.25, 0.3) is 0 Å². The maximum Gasteiger partial charge on any atom is 0.471 e. The molecule has 22 heavy (non-hydrogen) atoms. The van der Waals surface area contributed by atoms with E-state index in [2.05, 4.69) is 0 Å². The number of benzene rings is 1. The van der Waals surface area contributed by atoms with E-state index < -0.39 is 42.3 Å². The minimum atomic E-state index is -5.23. The summed E-state index contributed by atoms with van der Waals surface area (Å²) >= 11 is 0. The molecule has 1 unspecified atom stereocenters. The van der Waals surface area contributed by atoms with Crippen LogP contribution < -0.4 is 5.32 Å². The van der Waals surface area contributed by atoms with E-state index in [0.29, 0.717) is 12.1 Å². The van der Waals surface area contributed by atoms with Crippen molar-refractivity contribution in [3.05, 3.63) is 35.4 Å². The van der Waals surface area contributed by atoms with Gasteiger partial charge in [0.05, 0.1) is 18.0 Å². The highest BCUT2D eigenvalue weighted by atomic mass is 19.4. The number of hydrogen-bond acceptors (Lipinski definition) is 2. The van der Waals surface area contributed by atoms with E-state index in [1.54, 1.807) is 0 Å². The molecule has 10 heteroatoms. The molecule has 0 aliphatic heterocycles. The zero-order chi connectivity index (χ0) is 17.1. The number of carboxylic acid groups (broad SMARTS) is 1. The molecule has 0 aliphatic carbocycles. The molecule has 0 radical (unpaired) electrons. The monoisotopic (exact) mass is 329 g/mol. The van der Waals surface area contributed by atoms with Gasteiger partial charge in [-0.1, -0.05) is 12.1 Å². The van der Waals surface area contributed by atoms with Gasteiger partial charge in [-0.3, -0.25) is 9.59 Å². The number of rotatable bonds is 4. The Hall–Kier alpha value is -2.26. The van der Waals surface area contributed by atoms with Crippen molar-refractivity contribution in [1.29, 1.82) is 0 Å². The number of carboxylic acids is 1. The molecule has 0 heterocycles.